The van der Waals surface area contributed by atoms with Crippen LogP contribution in [0.3, 0.4) is 0 Å². The topological polar surface area (TPSA) is 59.3 Å². The summed E-state index contributed by atoms with van der Waals surface area (Å²) in [5, 5.41) is 0. The third-order valence-electron chi connectivity index (χ3n) is 1.50. The normalized spacial score (nSPS) is 9.31. The summed E-state index contributed by atoms with van der Waals surface area (Å²) in [7, 11) is 0. The molecule has 0 unspecified atom stereocenters. The van der Waals surface area contributed by atoms with Crippen molar-refractivity contribution in [3.8, 4) is 5.75 Å². The van der Waals surface area contributed by atoms with Crippen LogP contribution in [0.4, 0.5) is 4.79 Å². The first kappa shape index (κ1) is 9.38. The largest absolute Gasteiger partial charge is 0.457 e. The van der Waals surface area contributed by atoms with Crippen LogP contribution in [0.5, 0.6) is 5.75 Å². The van der Waals surface area contributed by atoms with Gasteiger partial charge in [0.05, 0.1) is 0 Å². The van der Waals surface area contributed by atoms with Crippen molar-refractivity contribution >= 4 is 6.09 Å². The Balaban J connectivity index is 2.45. The van der Waals surface area contributed by atoms with E-state index >= 15 is 0 Å². The fourth-order valence-electron chi connectivity index (χ4n) is 0.865. The van der Waals surface area contributed by atoms with E-state index in [9.17, 15) is 4.79 Å². The minimum atomic E-state index is -1.09. The number of hydrogen-bond donors (Lipinski definition) is 0. The summed E-state index contributed by atoms with van der Waals surface area (Å²) in [5.74, 6) is 0.656. The number of para-hydroxylation sites is 1. The molecule has 1 aromatic rings. The molecule has 0 heterocycles. The molecule has 4 nitrogen and oxygen atoms in total. The van der Waals surface area contributed by atoms with Crippen LogP contribution in [0, 0.1) is 6.92 Å². The van der Waals surface area contributed by atoms with Crippen LogP contribution in [-0.4, -0.2) is 12.9 Å². The number of nitrogens with one attached hydrogen (secondary N) is 1. The maximum Gasteiger partial charge on any atom is 0.429 e. The quantitative estimate of drug-likeness (QED) is 0.666. The second-order valence-corrected chi connectivity index (χ2v) is 2.46. The lowest BCUT2D eigenvalue weighted by molar-refractivity contribution is 0.0642. The number of benzene rings is 1. The highest BCUT2D eigenvalue weighted by atomic mass is 16.7. The smallest absolute Gasteiger partial charge is 0.429 e. The highest BCUT2D eigenvalue weighted by Gasteiger charge is 1.98. The summed E-state index contributed by atoms with van der Waals surface area (Å²) in [6, 6.07) is 7.37. The van der Waals surface area contributed by atoms with E-state index in [1.807, 2.05) is 25.1 Å². The lowest BCUT2D eigenvalue weighted by Crippen LogP contribution is -2.09. The lowest BCUT2D eigenvalue weighted by atomic mass is 10.2. The van der Waals surface area contributed by atoms with Crippen LogP contribution < -0.4 is 10.5 Å². The fraction of sp³-hybridized carbons (Fsp3) is 0.222. The molecule has 0 aliphatic heterocycles. The molecule has 1 N–H and O–H groups in total. The zero-order valence-electron chi connectivity index (χ0n) is 7.24. The van der Waals surface area contributed by atoms with E-state index in [4.69, 9.17) is 10.5 Å². The Hall–Kier alpha value is -1.71. The van der Waals surface area contributed by atoms with E-state index in [-0.39, 0.29) is 6.79 Å². The van der Waals surface area contributed by atoms with Crippen molar-refractivity contribution in [2.24, 2.45) is 0 Å². The lowest BCUT2D eigenvalue weighted by Gasteiger charge is -2.07. The van der Waals surface area contributed by atoms with Crippen molar-refractivity contribution in [1.29, 1.82) is 0 Å². The highest BCUT2D eigenvalue weighted by molar-refractivity contribution is 5.63. The molecule has 0 fully saturated rings. The Bertz CT molecular complexity index is 299. The molecule has 0 saturated heterocycles. The summed E-state index contributed by atoms with van der Waals surface area (Å²) in [5.41, 5.74) is 7.42. The zero-order valence-corrected chi connectivity index (χ0v) is 7.24. The molecule has 13 heavy (non-hydrogen) atoms. The third kappa shape index (κ3) is 3.02. The predicted molar refractivity (Wildman–Crippen MR) is 46.3 cm³/mol. The maximum absolute atomic E-state index is 10.1. The van der Waals surface area contributed by atoms with E-state index in [0.29, 0.717) is 5.75 Å². The molecule has 0 spiro atoms. The molecule has 0 aromatic heterocycles. The number of aryl methyl sites for hydroxylation is 1. The van der Waals surface area contributed by atoms with Gasteiger partial charge in [-0.05, 0) is 18.6 Å². The van der Waals surface area contributed by atoms with Crippen LogP contribution in [0.2, 0.25) is 0 Å². The first-order valence-corrected chi connectivity index (χ1v) is 3.77. The zero-order chi connectivity index (χ0) is 9.68. The molecule has 1 amide bonds. The minimum Gasteiger partial charge on any atom is -0.457 e. The third-order valence-corrected chi connectivity index (χ3v) is 1.50. The van der Waals surface area contributed by atoms with Gasteiger partial charge in [0.2, 0.25) is 6.79 Å². The second kappa shape index (κ2) is 4.35. The van der Waals surface area contributed by atoms with E-state index < -0.39 is 6.09 Å². The van der Waals surface area contributed by atoms with Gasteiger partial charge in [0.25, 0.3) is 0 Å². The van der Waals surface area contributed by atoms with Gasteiger partial charge in [0, 0.05) is 0 Å². The highest BCUT2D eigenvalue weighted by Crippen LogP contribution is 2.15. The number of hydrogen-bond acceptors (Lipinski definition) is 3. The van der Waals surface area contributed by atoms with Gasteiger partial charge in [0.15, 0.2) is 0 Å². The number of amides is 1. The van der Waals surface area contributed by atoms with E-state index in [1.54, 1.807) is 6.07 Å². The molecular weight excluding hydrogens is 170 g/mol. The summed E-state index contributed by atoms with van der Waals surface area (Å²) in [6.45, 7) is 1.67. The molecule has 69 valence electrons. The standard InChI is InChI=1S/C9H10NO3/c1-7-4-2-3-5-8(7)12-6-13-9(10)11/h2-5,10H,6H2,1H3. The Labute approximate surface area is 76.3 Å². The number of carbonyl (C=O) groups is 1. The summed E-state index contributed by atoms with van der Waals surface area (Å²) >= 11 is 0. The molecule has 1 radical (unpaired) electrons. The SMILES string of the molecule is Cc1ccccc1OCOC([NH])=O. The van der Waals surface area contributed by atoms with Crippen LogP contribution >= 0.6 is 0 Å². The Morgan fingerprint density at radius 3 is 2.77 bits per heavy atom. The summed E-state index contributed by atoms with van der Waals surface area (Å²) in [6.07, 6.45) is -1.09. The molecular formula is C9H10NO3. The number of rotatable bonds is 3. The van der Waals surface area contributed by atoms with E-state index in [1.165, 1.54) is 0 Å². The van der Waals surface area contributed by atoms with Crippen molar-refractivity contribution in [3.05, 3.63) is 29.8 Å². The van der Waals surface area contributed by atoms with Crippen molar-refractivity contribution in [2.45, 2.75) is 6.92 Å². The van der Waals surface area contributed by atoms with E-state index in [0.717, 1.165) is 5.56 Å². The molecule has 0 bridgehead atoms. The molecule has 1 aromatic carbocycles. The maximum atomic E-state index is 10.1. The van der Waals surface area contributed by atoms with Gasteiger partial charge in [-0.1, -0.05) is 18.2 Å². The Morgan fingerprint density at radius 1 is 1.46 bits per heavy atom. The van der Waals surface area contributed by atoms with Gasteiger partial charge in [0.1, 0.15) is 5.75 Å². The minimum absolute atomic E-state index is 0.215. The average molecular weight is 180 g/mol. The van der Waals surface area contributed by atoms with Crippen molar-refractivity contribution in [2.75, 3.05) is 6.79 Å². The molecule has 0 aliphatic carbocycles. The Kier molecular flexibility index (Phi) is 3.14. The molecule has 0 aliphatic rings. The Morgan fingerprint density at radius 2 is 2.15 bits per heavy atom. The van der Waals surface area contributed by atoms with Crippen LogP contribution in [0.1, 0.15) is 5.56 Å². The van der Waals surface area contributed by atoms with Crippen molar-refractivity contribution < 1.29 is 14.3 Å². The van der Waals surface area contributed by atoms with Gasteiger partial charge in [-0.3, -0.25) is 0 Å². The molecule has 4 heteroatoms. The van der Waals surface area contributed by atoms with Crippen LogP contribution in [-0.2, 0) is 4.74 Å². The van der Waals surface area contributed by atoms with Gasteiger partial charge in [-0.25, -0.2) is 10.5 Å². The van der Waals surface area contributed by atoms with E-state index in [2.05, 4.69) is 4.74 Å². The first-order chi connectivity index (χ1) is 6.20. The van der Waals surface area contributed by atoms with Gasteiger partial charge < -0.3 is 9.47 Å². The fourth-order valence-corrected chi connectivity index (χ4v) is 0.865. The van der Waals surface area contributed by atoms with Crippen LogP contribution in [0.25, 0.3) is 0 Å². The number of carbonyl (C=O) groups excluding carboxylic acids is 1. The predicted octanol–water partition coefficient (Wildman–Crippen LogP) is 1.75. The van der Waals surface area contributed by atoms with Crippen molar-refractivity contribution in [1.82, 2.24) is 5.73 Å². The molecule has 0 atom stereocenters. The second-order valence-electron chi connectivity index (χ2n) is 2.46. The van der Waals surface area contributed by atoms with Crippen molar-refractivity contribution in [3.63, 3.8) is 0 Å². The molecule has 0 saturated carbocycles. The molecule has 1 rings (SSSR count). The summed E-state index contributed by atoms with van der Waals surface area (Å²) in [4.78, 5) is 10.1. The summed E-state index contributed by atoms with van der Waals surface area (Å²) < 4.78 is 9.39. The van der Waals surface area contributed by atoms with Gasteiger partial charge in [-0.15, -0.1) is 0 Å². The van der Waals surface area contributed by atoms with Crippen LogP contribution in [0.15, 0.2) is 24.3 Å². The first-order valence-electron chi connectivity index (χ1n) is 3.77. The monoisotopic (exact) mass is 180 g/mol. The van der Waals surface area contributed by atoms with Gasteiger partial charge in [-0.2, -0.15) is 0 Å². The average Bonchev–Trinajstić information content (AvgIpc) is 2.08. The number of ether oxygens (including phenoxy) is 2. The van der Waals surface area contributed by atoms with Gasteiger partial charge >= 0.3 is 6.09 Å².